The maximum atomic E-state index is 12.8. The smallest absolute Gasteiger partial charge is 0.284 e. The molecule has 0 bridgehead atoms. The van der Waals surface area contributed by atoms with Crippen molar-refractivity contribution < 1.29 is 4.79 Å². The molecule has 0 unspecified atom stereocenters. The van der Waals surface area contributed by atoms with Gasteiger partial charge in [0, 0.05) is 30.1 Å². The van der Waals surface area contributed by atoms with Gasteiger partial charge in [-0.2, -0.15) is 0 Å². The molecule has 1 aliphatic heterocycles. The zero-order valence-corrected chi connectivity index (χ0v) is 16.7. The molecule has 140 valence electrons. The fourth-order valence-corrected chi connectivity index (χ4v) is 4.92. The van der Waals surface area contributed by atoms with Crippen LogP contribution >= 0.6 is 22.7 Å². The average Bonchev–Trinajstić information content (AvgIpc) is 3.47. The SMILES string of the molecule is O=C(Nc1ccccc1-c1cn2c(n1)CCCC2)c1nc(-c2cccs2)cs1. The number of imidazole rings is 1. The Bertz CT molecular complexity index is 1100. The third-order valence-electron chi connectivity index (χ3n) is 4.83. The third-order valence-corrected chi connectivity index (χ3v) is 6.57. The summed E-state index contributed by atoms with van der Waals surface area (Å²) < 4.78 is 2.23. The fraction of sp³-hybridized carbons (Fsp3) is 0.190. The Morgan fingerprint density at radius 3 is 2.82 bits per heavy atom. The lowest BCUT2D eigenvalue weighted by atomic mass is 10.1. The van der Waals surface area contributed by atoms with Crippen LogP contribution in [0.4, 0.5) is 5.69 Å². The molecule has 1 aromatic carbocycles. The summed E-state index contributed by atoms with van der Waals surface area (Å²) in [6, 6.07) is 11.8. The number of para-hydroxylation sites is 1. The molecule has 4 aromatic rings. The molecular weight excluding hydrogens is 388 g/mol. The zero-order chi connectivity index (χ0) is 18.9. The van der Waals surface area contributed by atoms with E-state index in [0.717, 1.165) is 46.3 Å². The van der Waals surface area contributed by atoms with Gasteiger partial charge in [0.15, 0.2) is 5.01 Å². The largest absolute Gasteiger partial charge is 0.334 e. The average molecular weight is 407 g/mol. The Morgan fingerprint density at radius 1 is 1.04 bits per heavy atom. The number of hydrogen-bond acceptors (Lipinski definition) is 5. The van der Waals surface area contributed by atoms with Crippen LogP contribution < -0.4 is 5.32 Å². The van der Waals surface area contributed by atoms with E-state index in [1.807, 2.05) is 47.2 Å². The van der Waals surface area contributed by atoms with E-state index >= 15 is 0 Å². The first-order valence-corrected chi connectivity index (χ1v) is 11.0. The summed E-state index contributed by atoms with van der Waals surface area (Å²) in [5, 5.41) is 7.42. The van der Waals surface area contributed by atoms with Crippen molar-refractivity contribution in [3.8, 4) is 21.8 Å². The quantitative estimate of drug-likeness (QED) is 0.499. The van der Waals surface area contributed by atoms with E-state index in [4.69, 9.17) is 4.98 Å². The number of anilines is 1. The molecule has 3 aromatic heterocycles. The lowest BCUT2D eigenvalue weighted by molar-refractivity contribution is 0.102. The van der Waals surface area contributed by atoms with Crippen LogP contribution in [0.1, 0.15) is 28.5 Å². The first-order chi connectivity index (χ1) is 13.8. The van der Waals surface area contributed by atoms with Crippen molar-refractivity contribution in [2.24, 2.45) is 0 Å². The van der Waals surface area contributed by atoms with Gasteiger partial charge in [0.1, 0.15) is 5.82 Å². The van der Waals surface area contributed by atoms with Gasteiger partial charge in [-0.3, -0.25) is 4.79 Å². The molecule has 0 fully saturated rings. The van der Waals surface area contributed by atoms with Crippen molar-refractivity contribution in [2.45, 2.75) is 25.8 Å². The van der Waals surface area contributed by atoms with Crippen LogP contribution in [0, 0.1) is 0 Å². The number of thiazole rings is 1. The molecule has 0 radical (unpaired) electrons. The number of fused-ring (bicyclic) bond motifs is 1. The molecule has 1 amide bonds. The monoisotopic (exact) mass is 406 g/mol. The van der Waals surface area contributed by atoms with Crippen molar-refractivity contribution in [3.63, 3.8) is 0 Å². The normalized spacial score (nSPS) is 13.3. The summed E-state index contributed by atoms with van der Waals surface area (Å²) >= 11 is 2.98. The summed E-state index contributed by atoms with van der Waals surface area (Å²) in [5.41, 5.74) is 3.45. The molecule has 5 rings (SSSR count). The molecule has 7 heteroatoms. The van der Waals surface area contributed by atoms with Crippen LogP contribution in [0.15, 0.2) is 53.4 Å². The van der Waals surface area contributed by atoms with Gasteiger partial charge in [0.2, 0.25) is 0 Å². The number of nitrogens with one attached hydrogen (secondary N) is 1. The Balaban J connectivity index is 1.41. The lowest BCUT2D eigenvalue weighted by Gasteiger charge is -2.11. The third kappa shape index (κ3) is 3.27. The van der Waals surface area contributed by atoms with Crippen LogP contribution in [0.2, 0.25) is 0 Å². The molecular formula is C21H18N4OS2. The highest BCUT2D eigenvalue weighted by molar-refractivity contribution is 7.15. The van der Waals surface area contributed by atoms with E-state index in [2.05, 4.69) is 21.1 Å². The fourth-order valence-electron chi connectivity index (χ4n) is 3.45. The molecule has 28 heavy (non-hydrogen) atoms. The maximum absolute atomic E-state index is 12.8. The highest BCUT2D eigenvalue weighted by Gasteiger charge is 2.18. The van der Waals surface area contributed by atoms with Gasteiger partial charge in [-0.25, -0.2) is 9.97 Å². The number of rotatable bonds is 4. The predicted octanol–water partition coefficient (Wildman–Crippen LogP) is 5.32. The minimum absolute atomic E-state index is 0.191. The predicted molar refractivity (Wildman–Crippen MR) is 114 cm³/mol. The second kappa shape index (κ2) is 7.33. The Labute approximate surface area is 170 Å². The minimum Gasteiger partial charge on any atom is -0.334 e. The number of aromatic nitrogens is 3. The Kier molecular flexibility index (Phi) is 4.54. The van der Waals surface area contributed by atoms with Crippen LogP contribution in [0.5, 0.6) is 0 Å². The number of amides is 1. The van der Waals surface area contributed by atoms with Gasteiger partial charge in [-0.05, 0) is 30.4 Å². The number of carbonyl (C=O) groups excluding carboxylic acids is 1. The van der Waals surface area contributed by atoms with Gasteiger partial charge < -0.3 is 9.88 Å². The minimum atomic E-state index is -0.191. The molecule has 0 saturated heterocycles. The molecule has 0 aliphatic carbocycles. The van der Waals surface area contributed by atoms with Crippen LogP contribution in [-0.2, 0) is 13.0 Å². The van der Waals surface area contributed by atoms with E-state index in [1.54, 1.807) is 11.3 Å². The van der Waals surface area contributed by atoms with Gasteiger partial charge >= 0.3 is 0 Å². The summed E-state index contributed by atoms with van der Waals surface area (Å²) in [6.45, 7) is 1.02. The number of carbonyl (C=O) groups is 1. The van der Waals surface area contributed by atoms with Crippen LogP contribution in [-0.4, -0.2) is 20.4 Å². The van der Waals surface area contributed by atoms with Crippen molar-refractivity contribution in [1.29, 1.82) is 0 Å². The van der Waals surface area contributed by atoms with Gasteiger partial charge in [-0.15, -0.1) is 22.7 Å². The van der Waals surface area contributed by atoms with Crippen LogP contribution in [0.3, 0.4) is 0 Å². The number of benzene rings is 1. The number of hydrogen-bond donors (Lipinski definition) is 1. The highest BCUT2D eigenvalue weighted by Crippen LogP contribution is 2.30. The highest BCUT2D eigenvalue weighted by atomic mass is 32.1. The number of nitrogens with zero attached hydrogens (tertiary/aromatic N) is 3. The van der Waals surface area contributed by atoms with Crippen molar-refractivity contribution in [1.82, 2.24) is 14.5 Å². The molecule has 0 atom stereocenters. The summed E-state index contributed by atoms with van der Waals surface area (Å²) in [4.78, 5) is 23.2. The topological polar surface area (TPSA) is 59.8 Å². The van der Waals surface area contributed by atoms with E-state index in [1.165, 1.54) is 24.2 Å². The molecule has 1 aliphatic rings. The van der Waals surface area contributed by atoms with Crippen molar-refractivity contribution >= 4 is 34.3 Å². The van der Waals surface area contributed by atoms with Crippen LogP contribution in [0.25, 0.3) is 21.8 Å². The standard InChI is InChI=1S/C21H18N4OS2/c26-20(21-24-17(13-28-21)18-8-5-11-27-18)23-15-7-2-1-6-14(15)16-12-25-10-4-3-9-19(25)22-16/h1-2,5-8,11-13H,3-4,9-10H2,(H,23,26). The zero-order valence-electron chi connectivity index (χ0n) is 15.1. The molecule has 0 saturated carbocycles. The second-order valence-corrected chi connectivity index (χ2v) is 8.51. The number of aryl methyl sites for hydroxylation is 2. The van der Waals surface area contributed by atoms with Gasteiger partial charge in [-0.1, -0.05) is 24.3 Å². The summed E-state index contributed by atoms with van der Waals surface area (Å²) in [7, 11) is 0. The number of thiophene rings is 1. The second-order valence-electron chi connectivity index (χ2n) is 6.71. The maximum Gasteiger partial charge on any atom is 0.284 e. The first-order valence-electron chi connectivity index (χ1n) is 9.24. The van der Waals surface area contributed by atoms with Crippen molar-refractivity contribution in [3.05, 3.63) is 64.2 Å². The Hall–Kier alpha value is -2.77. The molecule has 0 spiro atoms. The lowest BCUT2D eigenvalue weighted by Crippen LogP contribution is -2.12. The first kappa shape index (κ1) is 17.3. The van der Waals surface area contributed by atoms with E-state index in [-0.39, 0.29) is 5.91 Å². The van der Waals surface area contributed by atoms with E-state index in [9.17, 15) is 4.79 Å². The van der Waals surface area contributed by atoms with E-state index in [0.29, 0.717) is 5.01 Å². The molecule has 4 heterocycles. The molecule has 1 N–H and O–H groups in total. The van der Waals surface area contributed by atoms with Gasteiger partial charge in [0.05, 0.1) is 22.0 Å². The van der Waals surface area contributed by atoms with E-state index < -0.39 is 0 Å². The Morgan fingerprint density at radius 2 is 1.96 bits per heavy atom. The van der Waals surface area contributed by atoms with Gasteiger partial charge in [0.25, 0.3) is 5.91 Å². The molecule has 5 nitrogen and oxygen atoms in total. The summed E-state index contributed by atoms with van der Waals surface area (Å²) in [6.07, 6.45) is 5.49. The van der Waals surface area contributed by atoms with Crippen molar-refractivity contribution in [2.75, 3.05) is 5.32 Å². The summed E-state index contributed by atoms with van der Waals surface area (Å²) in [5.74, 6) is 0.937.